The molecular formula is C17H24O. The van der Waals surface area contributed by atoms with E-state index in [1.54, 1.807) is 0 Å². The lowest BCUT2D eigenvalue weighted by molar-refractivity contribution is 0.369. The van der Waals surface area contributed by atoms with Crippen molar-refractivity contribution in [2.45, 2.75) is 47.0 Å². The van der Waals surface area contributed by atoms with Crippen LogP contribution in [0.15, 0.2) is 24.3 Å². The van der Waals surface area contributed by atoms with Crippen LogP contribution in [0.3, 0.4) is 0 Å². The summed E-state index contributed by atoms with van der Waals surface area (Å²) in [4.78, 5) is 0. The number of ether oxygens (including phenoxy) is 1. The summed E-state index contributed by atoms with van der Waals surface area (Å²) < 4.78 is 5.60. The Balaban J connectivity index is 2.57. The van der Waals surface area contributed by atoms with E-state index >= 15 is 0 Å². The number of rotatable bonds is 2. The van der Waals surface area contributed by atoms with Crippen LogP contribution in [0.25, 0.3) is 0 Å². The first-order valence-electron chi connectivity index (χ1n) is 6.42. The van der Waals surface area contributed by atoms with Crippen molar-refractivity contribution in [3.8, 4) is 17.6 Å². The van der Waals surface area contributed by atoms with Crippen LogP contribution in [-0.2, 0) is 5.41 Å². The van der Waals surface area contributed by atoms with Gasteiger partial charge in [0.15, 0.2) is 0 Å². The fourth-order valence-corrected chi connectivity index (χ4v) is 1.47. The Labute approximate surface area is 112 Å². The molecule has 0 spiro atoms. The highest BCUT2D eigenvalue weighted by molar-refractivity contribution is 5.31. The quantitative estimate of drug-likeness (QED) is 0.700. The molecule has 0 fully saturated rings. The van der Waals surface area contributed by atoms with E-state index in [1.165, 1.54) is 5.56 Å². The third-order valence-electron chi connectivity index (χ3n) is 2.49. The van der Waals surface area contributed by atoms with Gasteiger partial charge in [0.1, 0.15) is 12.4 Å². The third-order valence-corrected chi connectivity index (χ3v) is 2.49. The summed E-state index contributed by atoms with van der Waals surface area (Å²) in [6, 6.07) is 8.26. The standard InChI is InChI=1S/C17H24O/c1-16(2,3)12-7-13-18-15-10-8-14(9-11-15)17(4,5)6/h8-11H,13H2,1-6H3. The first-order chi connectivity index (χ1) is 8.18. The minimum Gasteiger partial charge on any atom is -0.481 e. The molecule has 0 atom stereocenters. The first kappa shape index (κ1) is 14.6. The molecule has 18 heavy (non-hydrogen) atoms. The second-order valence-electron chi connectivity index (χ2n) is 6.61. The molecule has 1 rings (SSSR count). The molecule has 0 unspecified atom stereocenters. The minimum atomic E-state index is 0.0411. The molecule has 0 radical (unpaired) electrons. The molecule has 1 nitrogen and oxygen atoms in total. The summed E-state index contributed by atoms with van der Waals surface area (Å²) in [7, 11) is 0. The van der Waals surface area contributed by atoms with Crippen LogP contribution < -0.4 is 4.74 Å². The summed E-state index contributed by atoms with van der Waals surface area (Å²) in [5, 5.41) is 0. The molecular weight excluding hydrogens is 220 g/mol. The van der Waals surface area contributed by atoms with E-state index in [1.807, 2.05) is 12.1 Å². The maximum atomic E-state index is 5.60. The molecule has 0 saturated heterocycles. The lowest BCUT2D eigenvalue weighted by Gasteiger charge is -2.19. The summed E-state index contributed by atoms with van der Waals surface area (Å²) >= 11 is 0. The molecule has 0 amide bonds. The molecule has 0 saturated carbocycles. The molecule has 1 aromatic rings. The number of hydrogen-bond acceptors (Lipinski definition) is 1. The van der Waals surface area contributed by atoms with E-state index < -0.39 is 0 Å². The summed E-state index contributed by atoms with van der Waals surface area (Å²) in [5.74, 6) is 7.08. The fourth-order valence-electron chi connectivity index (χ4n) is 1.47. The van der Waals surface area contributed by atoms with E-state index in [0.29, 0.717) is 6.61 Å². The van der Waals surface area contributed by atoms with Gasteiger partial charge in [-0.05, 0) is 43.9 Å². The Morgan fingerprint density at radius 1 is 0.944 bits per heavy atom. The van der Waals surface area contributed by atoms with Gasteiger partial charge >= 0.3 is 0 Å². The molecule has 0 bridgehead atoms. The molecule has 0 aliphatic rings. The Morgan fingerprint density at radius 3 is 1.94 bits per heavy atom. The van der Waals surface area contributed by atoms with Crippen LogP contribution in [-0.4, -0.2) is 6.61 Å². The van der Waals surface area contributed by atoms with Crippen LogP contribution in [0.2, 0.25) is 0 Å². The molecule has 0 aromatic heterocycles. The number of hydrogen-bond donors (Lipinski definition) is 0. The zero-order chi connectivity index (χ0) is 13.8. The van der Waals surface area contributed by atoms with E-state index in [4.69, 9.17) is 4.74 Å². The highest BCUT2D eigenvalue weighted by Gasteiger charge is 2.12. The fraction of sp³-hybridized carbons (Fsp3) is 0.529. The summed E-state index contributed by atoms with van der Waals surface area (Å²) in [6.07, 6.45) is 0. The molecule has 1 heteroatoms. The first-order valence-corrected chi connectivity index (χ1v) is 6.42. The second-order valence-corrected chi connectivity index (χ2v) is 6.61. The third kappa shape index (κ3) is 5.27. The molecule has 0 N–H and O–H groups in total. The molecule has 1 aromatic carbocycles. The molecule has 0 aliphatic carbocycles. The van der Waals surface area contributed by atoms with Crippen LogP contribution >= 0.6 is 0 Å². The number of benzene rings is 1. The Morgan fingerprint density at radius 2 is 1.50 bits per heavy atom. The van der Waals surface area contributed by atoms with Gasteiger partial charge in [0, 0.05) is 5.41 Å². The monoisotopic (exact) mass is 244 g/mol. The molecule has 0 heterocycles. The van der Waals surface area contributed by atoms with Crippen LogP contribution in [0.4, 0.5) is 0 Å². The highest BCUT2D eigenvalue weighted by atomic mass is 16.5. The van der Waals surface area contributed by atoms with Gasteiger partial charge in [0.25, 0.3) is 0 Å². The van der Waals surface area contributed by atoms with Crippen molar-refractivity contribution in [1.82, 2.24) is 0 Å². The summed E-state index contributed by atoms with van der Waals surface area (Å²) in [5.41, 5.74) is 1.54. The van der Waals surface area contributed by atoms with Crippen molar-refractivity contribution in [3.05, 3.63) is 29.8 Å². The zero-order valence-electron chi connectivity index (χ0n) is 12.4. The van der Waals surface area contributed by atoms with Crippen LogP contribution in [0.5, 0.6) is 5.75 Å². The van der Waals surface area contributed by atoms with E-state index in [2.05, 4.69) is 65.5 Å². The lowest BCUT2D eigenvalue weighted by atomic mass is 9.87. The van der Waals surface area contributed by atoms with Crippen LogP contribution in [0.1, 0.15) is 47.1 Å². The predicted octanol–water partition coefficient (Wildman–Crippen LogP) is 4.41. The average molecular weight is 244 g/mol. The van der Waals surface area contributed by atoms with Crippen molar-refractivity contribution < 1.29 is 4.74 Å². The SMILES string of the molecule is CC(C)(C)C#CCOc1ccc(C(C)(C)C)cc1. The smallest absolute Gasteiger partial charge is 0.149 e. The van der Waals surface area contributed by atoms with Crippen molar-refractivity contribution >= 4 is 0 Å². The van der Waals surface area contributed by atoms with Crippen molar-refractivity contribution in [2.75, 3.05) is 6.61 Å². The maximum Gasteiger partial charge on any atom is 0.149 e. The summed E-state index contributed by atoms with van der Waals surface area (Å²) in [6.45, 7) is 13.4. The highest BCUT2D eigenvalue weighted by Crippen LogP contribution is 2.24. The Bertz CT molecular complexity index is 430. The Hall–Kier alpha value is -1.42. The van der Waals surface area contributed by atoms with E-state index in [9.17, 15) is 0 Å². The van der Waals surface area contributed by atoms with Gasteiger partial charge in [-0.15, -0.1) is 0 Å². The van der Waals surface area contributed by atoms with Crippen molar-refractivity contribution in [2.24, 2.45) is 5.41 Å². The normalized spacial score (nSPS) is 11.7. The van der Waals surface area contributed by atoms with Crippen molar-refractivity contribution in [1.29, 1.82) is 0 Å². The lowest BCUT2D eigenvalue weighted by Crippen LogP contribution is -2.10. The predicted molar refractivity (Wildman–Crippen MR) is 77.9 cm³/mol. The topological polar surface area (TPSA) is 9.23 Å². The molecule has 0 aliphatic heterocycles. The van der Waals surface area contributed by atoms with Gasteiger partial charge in [-0.2, -0.15) is 0 Å². The zero-order valence-corrected chi connectivity index (χ0v) is 12.4. The molecule has 98 valence electrons. The minimum absolute atomic E-state index is 0.0411. The largest absolute Gasteiger partial charge is 0.481 e. The van der Waals surface area contributed by atoms with E-state index in [0.717, 1.165) is 5.75 Å². The van der Waals surface area contributed by atoms with Crippen LogP contribution in [0, 0.1) is 17.3 Å². The average Bonchev–Trinajstić information content (AvgIpc) is 2.22. The maximum absolute atomic E-state index is 5.60. The van der Waals surface area contributed by atoms with Gasteiger partial charge in [-0.25, -0.2) is 0 Å². The van der Waals surface area contributed by atoms with Gasteiger partial charge < -0.3 is 4.74 Å². The van der Waals surface area contributed by atoms with E-state index in [-0.39, 0.29) is 10.8 Å². The second kappa shape index (κ2) is 5.48. The van der Waals surface area contributed by atoms with Gasteiger partial charge in [-0.3, -0.25) is 0 Å². The Kier molecular flexibility index (Phi) is 4.46. The van der Waals surface area contributed by atoms with Crippen molar-refractivity contribution in [3.63, 3.8) is 0 Å². The van der Waals surface area contributed by atoms with Gasteiger partial charge in [-0.1, -0.05) is 44.7 Å². The van der Waals surface area contributed by atoms with Gasteiger partial charge in [0.05, 0.1) is 0 Å². The van der Waals surface area contributed by atoms with Gasteiger partial charge in [0.2, 0.25) is 0 Å².